The molecule has 1 aliphatic heterocycles. The lowest BCUT2D eigenvalue weighted by atomic mass is 9.97. The molecule has 2 aromatic rings. The zero-order valence-electron chi connectivity index (χ0n) is 13.4. The summed E-state index contributed by atoms with van der Waals surface area (Å²) in [5.41, 5.74) is 0. The van der Waals surface area contributed by atoms with Gasteiger partial charge in [0.1, 0.15) is 10.7 Å². The fraction of sp³-hybridized carbons (Fsp3) is 0.375. The first-order chi connectivity index (χ1) is 12.0. The molecule has 0 spiro atoms. The minimum absolute atomic E-state index is 0.0127. The van der Waals surface area contributed by atoms with E-state index in [0.29, 0.717) is 11.6 Å². The van der Waals surface area contributed by atoms with Crippen molar-refractivity contribution in [2.24, 2.45) is 5.92 Å². The molecule has 2 heterocycles. The third kappa shape index (κ3) is 4.61. The molecule has 1 fully saturated rings. The van der Waals surface area contributed by atoms with E-state index in [1.54, 1.807) is 24.7 Å². The predicted octanol–water partition coefficient (Wildman–Crippen LogP) is 2.98. The summed E-state index contributed by atoms with van der Waals surface area (Å²) in [6, 6.07) is 4.41. The van der Waals surface area contributed by atoms with Crippen LogP contribution in [0.1, 0.15) is 12.8 Å². The molecule has 0 bridgehead atoms. The second kappa shape index (κ2) is 7.86. The number of hydrogen-bond donors (Lipinski definition) is 1. The van der Waals surface area contributed by atoms with Crippen molar-refractivity contribution in [1.82, 2.24) is 14.7 Å². The van der Waals surface area contributed by atoms with E-state index in [9.17, 15) is 8.42 Å². The summed E-state index contributed by atoms with van der Waals surface area (Å²) in [5, 5.41) is 0.497. The Bertz CT molecular complexity index is 825. The van der Waals surface area contributed by atoms with Crippen LogP contribution in [0.5, 0.6) is 0 Å². The van der Waals surface area contributed by atoms with E-state index >= 15 is 0 Å². The minimum Gasteiger partial charge on any atom is -0.355 e. The Balaban J connectivity index is 1.57. The van der Waals surface area contributed by atoms with E-state index in [4.69, 9.17) is 23.2 Å². The van der Waals surface area contributed by atoms with Crippen LogP contribution in [-0.4, -0.2) is 38.0 Å². The quantitative estimate of drug-likeness (QED) is 0.834. The number of aromatic nitrogens is 2. The summed E-state index contributed by atoms with van der Waals surface area (Å²) < 4.78 is 27.6. The number of halogens is 2. The van der Waals surface area contributed by atoms with Gasteiger partial charge < -0.3 is 4.90 Å². The van der Waals surface area contributed by atoms with Crippen molar-refractivity contribution in [3.05, 3.63) is 46.8 Å². The van der Waals surface area contributed by atoms with Crippen molar-refractivity contribution in [2.75, 3.05) is 24.5 Å². The molecule has 1 aromatic heterocycles. The maximum atomic E-state index is 12.5. The lowest BCUT2D eigenvalue weighted by Gasteiger charge is -2.32. The molecule has 0 saturated carbocycles. The Morgan fingerprint density at radius 2 is 1.96 bits per heavy atom. The van der Waals surface area contributed by atoms with E-state index in [-0.39, 0.29) is 15.8 Å². The highest BCUT2D eigenvalue weighted by Crippen LogP contribution is 2.26. The molecular weight excluding hydrogens is 383 g/mol. The second-order valence-corrected chi connectivity index (χ2v) is 8.50. The molecule has 134 valence electrons. The summed E-state index contributed by atoms with van der Waals surface area (Å²) in [5.74, 6) is 1.12. The molecule has 0 atom stereocenters. The Kier molecular flexibility index (Phi) is 5.78. The summed E-state index contributed by atoms with van der Waals surface area (Å²) in [7, 11) is -3.68. The summed E-state index contributed by atoms with van der Waals surface area (Å²) >= 11 is 11.9. The maximum absolute atomic E-state index is 12.5. The maximum Gasteiger partial charge on any atom is 0.242 e. The molecule has 9 heteroatoms. The van der Waals surface area contributed by atoms with Crippen molar-refractivity contribution in [3.8, 4) is 0 Å². The highest BCUT2D eigenvalue weighted by atomic mass is 35.5. The molecule has 0 unspecified atom stereocenters. The fourth-order valence-corrected chi connectivity index (χ4v) is 4.69. The van der Waals surface area contributed by atoms with E-state index in [1.165, 1.54) is 12.1 Å². The standard InChI is InChI=1S/C16H18Cl2N4O2S/c17-13-1-2-14(18)15(9-13)25(23,24)21-10-12-3-7-22(8-4-12)16-11-19-5-6-20-16/h1-2,5-6,9,11-12,21H,3-4,7-8,10H2. The van der Waals surface area contributed by atoms with Crippen LogP contribution in [0.2, 0.25) is 10.0 Å². The van der Waals surface area contributed by atoms with Crippen molar-refractivity contribution in [2.45, 2.75) is 17.7 Å². The van der Waals surface area contributed by atoms with Crippen LogP contribution in [0.25, 0.3) is 0 Å². The van der Waals surface area contributed by atoms with E-state index < -0.39 is 10.0 Å². The lowest BCUT2D eigenvalue weighted by Crippen LogP contribution is -2.39. The topological polar surface area (TPSA) is 75.2 Å². The lowest BCUT2D eigenvalue weighted by molar-refractivity contribution is 0.400. The highest BCUT2D eigenvalue weighted by Gasteiger charge is 2.24. The highest BCUT2D eigenvalue weighted by molar-refractivity contribution is 7.89. The summed E-state index contributed by atoms with van der Waals surface area (Å²) in [6.07, 6.45) is 6.81. The van der Waals surface area contributed by atoms with Gasteiger partial charge in [-0.1, -0.05) is 23.2 Å². The number of hydrogen-bond acceptors (Lipinski definition) is 5. The van der Waals surface area contributed by atoms with E-state index in [2.05, 4.69) is 19.6 Å². The van der Waals surface area contributed by atoms with Gasteiger partial charge in [-0.05, 0) is 37.0 Å². The van der Waals surface area contributed by atoms with Gasteiger partial charge in [0.05, 0.1) is 11.2 Å². The van der Waals surface area contributed by atoms with Crippen LogP contribution >= 0.6 is 23.2 Å². The predicted molar refractivity (Wildman–Crippen MR) is 98.6 cm³/mol. The SMILES string of the molecule is O=S(=O)(NCC1CCN(c2cnccn2)CC1)c1cc(Cl)ccc1Cl. The molecule has 1 saturated heterocycles. The Hall–Kier alpha value is -1.41. The summed E-state index contributed by atoms with van der Waals surface area (Å²) in [6.45, 7) is 2.02. The molecule has 0 aliphatic carbocycles. The zero-order chi connectivity index (χ0) is 17.9. The number of rotatable bonds is 5. The Morgan fingerprint density at radius 1 is 1.20 bits per heavy atom. The number of benzene rings is 1. The number of sulfonamides is 1. The summed E-state index contributed by atoms with van der Waals surface area (Å²) in [4.78, 5) is 10.5. The van der Waals surface area contributed by atoms with Gasteiger partial charge >= 0.3 is 0 Å². The van der Waals surface area contributed by atoms with Crippen molar-refractivity contribution in [3.63, 3.8) is 0 Å². The third-order valence-electron chi connectivity index (χ3n) is 4.23. The molecular formula is C16H18Cl2N4O2S. The first kappa shape index (κ1) is 18.4. The first-order valence-electron chi connectivity index (χ1n) is 7.91. The van der Waals surface area contributed by atoms with Gasteiger partial charge in [-0.25, -0.2) is 18.1 Å². The minimum atomic E-state index is -3.68. The molecule has 25 heavy (non-hydrogen) atoms. The van der Waals surface area contributed by atoms with Crippen LogP contribution in [0.3, 0.4) is 0 Å². The Morgan fingerprint density at radius 3 is 2.64 bits per heavy atom. The van der Waals surface area contributed by atoms with Crippen LogP contribution in [0.15, 0.2) is 41.7 Å². The largest absolute Gasteiger partial charge is 0.355 e. The van der Waals surface area contributed by atoms with Crippen molar-refractivity contribution in [1.29, 1.82) is 0 Å². The smallest absolute Gasteiger partial charge is 0.242 e. The van der Waals surface area contributed by atoms with Crippen molar-refractivity contribution < 1.29 is 8.42 Å². The van der Waals surface area contributed by atoms with Crippen LogP contribution in [0, 0.1) is 5.92 Å². The average molecular weight is 401 g/mol. The van der Waals surface area contributed by atoms with Gasteiger partial charge in [-0.2, -0.15) is 0 Å². The van der Waals surface area contributed by atoms with Gasteiger partial charge in [0.25, 0.3) is 0 Å². The first-order valence-corrected chi connectivity index (χ1v) is 10.2. The molecule has 0 radical (unpaired) electrons. The molecule has 6 nitrogen and oxygen atoms in total. The van der Waals surface area contributed by atoms with Crippen LogP contribution in [0.4, 0.5) is 5.82 Å². The third-order valence-corrected chi connectivity index (χ3v) is 6.37. The van der Waals surface area contributed by atoms with Gasteiger partial charge in [0.2, 0.25) is 10.0 Å². The molecule has 1 aromatic carbocycles. The molecule has 1 aliphatic rings. The number of nitrogens with zero attached hydrogens (tertiary/aromatic N) is 3. The van der Waals surface area contributed by atoms with Gasteiger partial charge in [0, 0.05) is 37.1 Å². The van der Waals surface area contributed by atoms with E-state index in [1.807, 2.05) is 0 Å². The Labute approximate surface area is 157 Å². The van der Waals surface area contributed by atoms with Crippen LogP contribution in [-0.2, 0) is 10.0 Å². The molecule has 0 amide bonds. The van der Waals surface area contributed by atoms with Gasteiger partial charge in [-0.3, -0.25) is 4.98 Å². The number of piperidine rings is 1. The van der Waals surface area contributed by atoms with E-state index in [0.717, 1.165) is 31.7 Å². The van der Waals surface area contributed by atoms with Crippen molar-refractivity contribution >= 4 is 39.0 Å². The average Bonchev–Trinajstić information content (AvgIpc) is 2.63. The zero-order valence-corrected chi connectivity index (χ0v) is 15.7. The normalized spacial score (nSPS) is 16.2. The van der Waals surface area contributed by atoms with Crippen LogP contribution < -0.4 is 9.62 Å². The monoisotopic (exact) mass is 400 g/mol. The molecule has 3 rings (SSSR count). The number of anilines is 1. The van der Waals surface area contributed by atoms with Gasteiger partial charge in [-0.15, -0.1) is 0 Å². The van der Waals surface area contributed by atoms with Gasteiger partial charge in [0.15, 0.2) is 0 Å². The molecule has 1 N–H and O–H groups in total. The fourth-order valence-electron chi connectivity index (χ4n) is 2.81. The number of nitrogens with one attached hydrogen (secondary N) is 1. The second-order valence-electron chi connectivity index (χ2n) is 5.92.